The van der Waals surface area contributed by atoms with Crippen molar-refractivity contribution in [2.75, 3.05) is 24.5 Å². The number of amides is 2. The minimum absolute atomic E-state index is 0.0421. The lowest BCUT2D eigenvalue weighted by molar-refractivity contribution is -0.140. The molecule has 0 spiro atoms. The van der Waals surface area contributed by atoms with Gasteiger partial charge in [-0.3, -0.25) is 13.9 Å². The fourth-order valence-corrected chi connectivity index (χ4v) is 6.29. The van der Waals surface area contributed by atoms with E-state index in [1.54, 1.807) is 42.5 Å². The van der Waals surface area contributed by atoms with Gasteiger partial charge in [0, 0.05) is 25.6 Å². The molecule has 0 fully saturated rings. The highest BCUT2D eigenvalue weighted by Crippen LogP contribution is 2.28. The summed E-state index contributed by atoms with van der Waals surface area (Å²) in [6.45, 7) is 3.75. The first-order valence-electron chi connectivity index (χ1n) is 14.1. The molecule has 1 atom stereocenters. The predicted octanol–water partition coefficient (Wildman–Crippen LogP) is 4.98. The second-order valence-electron chi connectivity index (χ2n) is 10.1. The van der Waals surface area contributed by atoms with E-state index in [0.29, 0.717) is 12.3 Å². The lowest BCUT2D eigenvalue weighted by atomic mass is 10.0. The van der Waals surface area contributed by atoms with E-state index in [4.69, 9.17) is 4.74 Å². The number of sulfonamides is 1. The van der Waals surface area contributed by atoms with Crippen LogP contribution in [0.5, 0.6) is 5.75 Å². The van der Waals surface area contributed by atoms with Crippen LogP contribution >= 0.6 is 0 Å². The molecular weight excluding hydrogens is 562 g/mol. The Kier molecular flexibility index (Phi) is 10.6. The standard InChI is InChI=1S/C34H37N3O5S/c1-4-35-34(39)32(22-27-14-7-5-8-15-27)36(24-28-16-11-13-26(2)21-28)33(38)25-37(29-17-12-18-30(23-29)42-3)43(40,41)31-19-9-6-10-20-31/h5-21,23,32H,4,22,24-25H2,1-3H3,(H,35,39)/t32-/m1/s1. The number of anilines is 1. The van der Waals surface area contributed by atoms with Crippen LogP contribution in [0, 0.1) is 6.92 Å². The summed E-state index contributed by atoms with van der Waals surface area (Å²) in [5.74, 6) is -0.388. The first-order valence-corrected chi connectivity index (χ1v) is 15.6. The Bertz CT molecular complexity index is 1630. The first kappa shape index (κ1) is 31.3. The molecule has 0 radical (unpaired) electrons. The van der Waals surface area contributed by atoms with Crippen LogP contribution in [0.25, 0.3) is 0 Å². The van der Waals surface area contributed by atoms with Crippen molar-refractivity contribution in [1.82, 2.24) is 10.2 Å². The van der Waals surface area contributed by atoms with Gasteiger partial charge in [0.15, 0.2) is 0 Å². The number of carbonyl (C=O) groups excluding carboxylic acids is 2. The molecule has 2 amide bonds. The van der Waals surface area contributed by atoms with Crippen molar-refractivity contribution in [3.8, 4) is 5.75 Å². The zero-order chi connectivity index (χ0) is 30.8. The van der Waals surface area contributed by atoms with Crippen LogP contribution in [-0.4, -0.2) is 51.4 Å². The molecule has 0 unspecified atom stereocenters. The lowest BCUT2D eigenvalue weighted by Crippen LogP contribution is -2.53. The van der Waals surface area contributed by atoms with Crippen LogP contribution in [0.15, 0.2) is 114 Å². The maximum atomic E-state index is 14.4. The van der Waals surface area contributed by atoms with E-state index in [1.807, 2.05) is 68.4 Å². The Morgan fingerprint density at radius 3 is 2.14 bits per heavy atom. The lowest BCUT2D eigenvalue weighted by Gasteiger charge is -2.34. The molecule has 0 bridgehead atoms. The Balaban J connectivity index is 1.80. The molecule has 1 N–H and O–H groups in total. The maximum absolute atomic E-state index is 14.4. The van der Waals surface area contributed by atoms with Gasteiger partial charge in [0.05, 0.1) is 17.7 Å². The molecule has 0 saturated carbocycles. The summed E-state index contributed by atoms with van der Waals surface area (Å²) in [6.07, 6.45) is 0.259. The third kappa shape index (κ3) is 8.02. The number of ether oxygens (including phenoxy) is 1. The normalized spacial score (nSPS) is 11.8. The smallest absolute Gasteiger partial charge is 0.264 e. The fraction of sp³-hybridized carbons (Fsp3) is 0.235. The van der Waals surface area contributed by atoms with Gasteiger partial charge in [-0.1, -0.05) is 84.4 Å². The maximum Gasteiger partial charge on any atom is 0.264 e. The number of nitrogens with zero attached hydrogens (tertiary/aromatic N) is 2. The largest absolute Gasteiger partial charge is 0.497 e. The van der Waals surface area contributed by atoms with Crippen LogP contribution in [0.1, 0.15) is 23.6 Å². The Hall–Kier alpha value is -4.63. The van der Waals surface area contributed by atoms with Gasteiger partial charge in [0.1, 0.15) is 18.3 Å². The fourth-order valence-electron chi connectivity index (χ4n) is 4.87. The molecule has 0 aliphatic heterocycles. The minimum atomic E-state index is -4.17. The van der Waals surface area contributed by atoms with Crippen molar-refractivity contribution >= 4 is 27.5 Å². The molecule has 43 heavy (non-hydrogen) atoms. The molecule has 8 nitrogen and oxygen atoms in total. The van der Waals surface area contributed by atoms with E-state index in [9.17, 15) is 18.0 Å². The summed E-state index contributed by atoms with van der Waals surface area (Å²) in [5.41, 5.74) is 2.98. The summed E-state index contributed by atoms with van der Waals surface area (Å²) < 4.78 is 34.5. The van der Waals surface area contributed by atoms with E-state index in [0.717, 1.165) is 21.0 Å². The highest BCUT2D eigenvalue weighted by atomic mass is 32.2. The number of benzene rings is 4. The summed E-state index contributed by atoms with van der Waals surface area (Å²) in [7, 11) is -2.68. The number of likely N-dealkylation sites (N-methyl/N-ethyl adjacent to an activating group) is 1. The highest BCUT2D eigenvalue weighted by molar-refractivity contribution is 7.92. The van der Waals surface area contributed by atoms with E-state index < -0.39 is 28.5 Å². The average Bonchev–Trinajstić information content (AvgIpc) is 3.02. The summed E-state index contributed by atoms with van der Waals surface area (Å²) in [6, 6.07) is 30.8. The van der Waals surface area contributed by atoms with E-state index in [1.165, 1.54) is 24.1 Å². The molecule has 0 aliphatic rings. The summed E-state index contributed by atoms with van der Waals surface area (Å²) >= 11 is 0. The van der Waals surface area contributed by atoms with E-state index in [-0.39, 0.29) is 29.5 Å². The van der Waals surface area contributed by atoms with Crippen molar-refractivity contribution in [2.24, 2.45) is 0 Å². The quantitative estimate of drug-likeness (QED) is 0.234. The molecule has 224 valence electrons. The van der Waals surface area contributed by atoms with Gasteiger partial charge < -0.3 is 15.0 Å². The molecule has 0 aliphatic carbocycles. The molecule has 0 aromatic heterocycles. The van der Waals surface area contributed by atoms with Gasteiger partial charge >= 0.3 is 0 Å². The Morgan fingerprint density at radius 2 is 1.49 bits per heavy atom. The highest BCUT2D eigenvalue weighted by Gasteiger charge is 2.34. The van der Waals surface area contributed by atoms with Crippen molar-refractivity contribution in [1.29, 1.82) is 0 Å². The number of methoxy groups -OCH3 is 1. The molecular formula is C34H37N3O5S. The second kappa shape index (κ2) is 14.5. The number of hydrogen-bond donors (Lipinski definition) is 1. The third-order valence-corrected chi connectivity index (χ3v) is 8.80. The van der Waals surface area contributed by atoms with Crippen LogP contribution in [0.2, 0.25) is 0 Å². The van der Waals surface area contributed by atoms with Crippen LogP contribution in [0.4, 0.5) is 5.69 Å². The monoisotopic (exact) mass is 599 g/mol. The molecule has 4 rings (SSSR count). The average molecular weight is 600 g/mol. The van der Waals surface area contributed by atoms with Gasteiger partial charge in [-0.2, -0.15) is 0 Å². The topological polar surface area (TPSA) is 96.0 Å². The third-order valence-electron chi connectivity index (χ3n) is 7.01. The number of aryl methyl sites for hydroxylation is 1. The van der Waals surface area contributed by atoms with Gasteiger partial charge in [0.25, 0.3) is 10.0 Å². The SMILES string of the molecule is CCNC(=O)[C@@H](Cc1ccccc1)N(Cc1cccc(C)c1)C(=O)CN(c1cccc(OC)c1)S(=O)(=O)c1ccccc1. The predicted molar refractivity (Wildman–Crippen MR) is 168 cm³/mol. The van der Waals surface area contributed by atoms with Gasteiger partial charge in [0.2, 0.25) is 11.8 Å². The summed E-state index contributed by atoms with van der Waals surface area (Å²) in [5, 5.41) is 2.87. The molecule has 9 heteroatoms. The number of nitrogens with one attached hydrogen (secondary N) is 1. The van der Waals surface area contributed by atoms with Crippen molar-refractivity contribution < 1.29 is 22.7 Å². The molecule has 4 aromatic carbocycles. The zero-order valence-electron chi connectivity index (χ0n) is 24.6. The van der Waals surface area contributed by atoms with Crippen LogP contribution in [0.3, 0.4) is 0 Å². The van der Waals surface area contributed by atoms with Crippen molar-refractivity contribution in [3.63, 3.8) is 0 Å². The molecule has 0 saturated heterocycles. The Labute approximate surface area is 254 Å². The number of hydrogen-bond acceptors (Lipinski definition) is 5. The second-order valence-corrected chi connectivity index (χ2v) is 12.0. The molecule has 4 aromatic rings. The number of rotatable bonds is 13. The first-order chi connectivity index (χ1) is 20.7. The van der Waals surface area contributed by atoms with E-state index in [2.05, 4.69) is 5.32 Å². The van der Waals surface area contributed by atoms with Gasteiger partial charge in [-0.05, 0) is 49.2 Å². The summed E-state index contributed by atoms with van der Waals surface area (Å²) in [4.78, 5) is 29.5. The number of carbonyl (C=O) groups is 2. The van der Waals surface area contributed by atoms with E-state index >= 15 is 0 Å². The van der Waals surface area contributed by atoms with Crippen LogP contribution < -0.4 is 14.4 Å². The Morgan fingerprint density at radius 1 is 0.837 bits per heavy atom. The minimum Gasteiger partial charge on any atom is -0.497 e. The van der Waals surface area contributed by atoms with Crippen molar-refractivity contribution in [3.05, 3.63) is 126 Å². The molecule has 0 heterocycles. The van der Waals surface area contributed by atoms with Crippen LogP contribution in [-0.2, 0) is 32.6 Å². The van der Waals surface area contributed by atoms with Gasteiger partial charge in [-0.15, -0.1) is 0 Å². The van der Waals surface area contributed by atoms with Gasteiger partial charge in [-0.25, -0.2) is 8.42 Å². The zero-order valence-corrected chi connectivity index (χ0v) is 25.5. The van der Waals surface area contributed by atoms with Crippen molar-refractivity contribution in [2.45, 2.75) is 37.8 Å².